The molecule has 1 aliphatic carbocycles. The molecule has 1 heteroatoms. The summed E-state index contributed by atoms with van der Waals surface area (Å²) in [5.74, 6) is 0. The first-order chi connectivity index (χ1) is 16.4. The van der Waals surface area contributed by atoms with Crippen LogP contribution in [0.4, 0.5) is 17.1 Å². The Morgan fingerprint density at radius 2 is 1.18 bits per heavy atom. The summed E-state index contributed by atoms with van der Waals surface area (Å²) in [6.45, 7) is 13.7. The fourth-order valence-corrected chi connectivity index (χ4v) is 5.85. The van der Waals surface area contributed by atoms with Gasteiger partial charge in [0.2, 0.25) is 0 Å². The van der Waals surface area contributed by atoms with Crippen LogP contribution in [0.3, 0.4) is 0 Å². The second-order valence-corrected chi connectivity index (χ2v) is 10.1. The van der Waals surface area contributed by atoms with Gasteiger partial charge in [0.15, 0.2) is 0 Å². The number of fused-ring (bicyclic) bond motifs is 3. The molecule has 0 amide bonds. The first-order valence-electron chi connectivity index (χ1n) is 12.6. The lowest BCUT2D eigenvalue weighted by molar-refractivity contribution is 0.660. The predicted molar refractivity (Wildman–Crippen MR) is 147 cm³/mol. The van der Waals surface area contributed by atoms with Gasteiger partial charge in [0.1, 0.15) is 0 Å². The van der Waals surface area contributed by atoms with Crippen LogP contribution in [0.15, 0.2) is 78.9 Å². The van der Waals surface area contributed by atoms with Crippen LogP contribution in [0.5, 0.6) is 0 Å². The number of aryl methyl sites for hydroxylation is 4. The van der Waals surface area contributed by atoms with Gasteiger partial charge in [-0.2, -0.15) is 0 Å². The van der Waals surface area contributed by atoms with E-state index in [2.05, 4.69) is 125 Å². The predicted octanol–water partition coefficient (Wildman–Crippen LogP) is 9.20. The number of hydrogen-bond donors (Lipinski definition) is 0. The molecule has 0 saturated heterocycles. The molecule has 0 N–H and O–H groups in total. The Kier molecular flexibility index (Phi) is 5.60. The van der Waals surface area contributed by atoms with Gasteiger partial charge >= 0.3 is 0 Å². The number of benzene rings is 4. The summed E-state index contributed by atoms with van der Waals surface area (Å²) in [6, 6.07) is 29.5. The molecule has 4 aromatic carbocycles. The minimum absolute atomic E-state index is 0.0216. The molecular weight excluding hydrogens is 410 g/mol. The van der Waals surface area contributed by atoms with Crippen LogP contribution >= 0.6 is 0 Å². The lowest BCUT2D eigenvalue weighted by Crippen LogP contribution is -2.19. The molecule has 1 nitrogen and oxygen atoms in total. The third kappa shape index (κ3) is 3.38. The van der Waals surface area contributed by atoms with Gasteiger partial charge in [-0.05, 0) is 83.3 Å². The van der Waals surface area contributed by atoms with Crippen LogP contribution in [0.1, 0.15) is 61.1 Å². The maximum absolute atomic E-state index is 2.54. The van der Waals surface area contributed by atoms with Crippen molar-refractivity contribution in [3.63, 3.8) is 0 Å². The average molecular weight is 446 g/mol. The van der Waals surface area contributed by atoms with Crippen LogP contribution in [0, 0.1) is 13.8 Å². The van der Waals surface area contributed by atoms with E-state index in [9.17, 15) is 0 Å². The zero-order chi connectivity index (χ0) is 24.0. The Morgan fingerprint density at radius 1 is 0.618 bits per heavy atom. The second kappa shape index (κ2) is 8.47. The highest BCUT2D eigenvalue weighted by Gasteiger charge is 2.36. The summed E-state index contributed by atoms with van der Waals surface area (Å²) >= 11 is 0. The topological polar surface area (TPSA) is 3.24 Å². The fraction of sp³-hybridized carbons (Fsp3) is 0.273. The lowest BCUT2D eigenvalue weighted by atomic mass is 9.82. The van der Waals surface area contributed by atoms with E-state index in [1.165, 1.54) is 61.6 Å². The average Bonchev–Trinajstić information content (AvgIpc) is 3.07. The highest BCUT2D eigenvalue weighted by Crippen LogP contribution is 2.51. The van der Waals surface area contributed by atoms with Crippen molar-refractivity contribution in [1.82, 2.24) is 0 Å². The Hall–Kier alpha value is -3.32. The van der Waals surface area contributed by atoms with Crippen molar-refractivity contribution in [1.29, 1.82) is 0 Å². The van der Waals surface area contributed by atoms with E-state index in [-0.39, 0.29) is 5.41 Å². The van der Waals surface area contributed by atoms with E-state index in [1.54, 1.807) is 0 Å². The highest BCUT2D eigenvalue weighted by molar-refractivity contribution is 5.88. The van der Waals surface area contributed by atoms with Crippen molar-refractivity contribution in [3.05, 3.63) is 112 Å². The second-order valence-electron chi connectivity index (χ2n) is 10.1. The molecule has 34 heavy (non-hydrogen) atoms. The first-order valence-corrected chi connectivity index (χ1v) is 12.6. The molecular formula is C33H35N. The standard InChI is InChI=1S/C33H35N/c1-7-24-15-11-13-22(3)31(24)34(32-23(4)14-12-16-25(32)8-2)26-19-20-28-27-17-9-10-18-29(27)33(5,6)30(28)21-26/h9-21H,7-8H2,1-6H3. The van der Waals surface area contributed by atoms with Crippen LogP contribution < -0.4 is 4.90 Å². The van der Waals surface area contributed by atoms with Crippen molar-refractivity contribution in [2.45, 2.75) is 59.8 Å². The molecule has 0 spiro atoms. The minimum Gasteiger partial charge on any atom is -0.309 e. The number of hydrogen-bond acceptors (Lipinski definition) is 1. The van der Waals surface area contributed by atoms with Crippen molar-refractivity contribution >= 4 is 17.1 Å². The van der Waals surface area contributed by atoms with E-state index in [1.807, 2.05) is 0 Å². The molecule has 172 valence electrons. The van der Waals surface area contributed by atoms with Crippen LogP contribution in [0.25, 0.3) is 11.1 Å². The maximum Gasteiger partial charge on any atom is 0.0522 e. The molecule has 0 radical (unpaired) electrons. The van der Waals surface area contributed by atoms with Gasteiger partial charge in [0.25, 0.3) is 0 Å². The van der Waals surface area contributed by atoms with Gasteiger partial charge in [0, 0.05) is 11.1 Å². The van der Waals surface area contributed by atoms with Crippen molar-refractivity contribution in [2.75, 3.05) is 4.90 Å². The molecule has 0 atom stereocenters. The molecule has 0 saturated carbocycles. The fourth-order valence-electron chi connectivity index (χ4n) is 5.85. The van der Waals surface area contributed by atoms with Gasteiger partial charge in [-0.1, -0.05) is 94.4 Å². The third-order valence-electron chi connectivity index (χ3n) is 7.68. The number of para-hydroxylation sites is 2. The largest absolute Gasteiger partial charge is 0.309 e. The van der Waals surface area contributed by atoms with Crippen LogP contribution in [-0.2, 0) is 18.3 Å². The highest BCUT2D eigenvalue weighted by atomic mass is 15.2. The Labute approximate surface area is 205 Å². The molecule has 0 unspecified atom stereocenters. The van der Waals surface area contributed by atoms with E-state index in [4.69, 9.17) is 0 Å². The molecule has 0 bridgehead atoms. The normalized spacial score (nSPS) is 13.5. The number of rotatable bonds is 5. The zero-order valence-electron chi connectivity index (χ0n) is 21.4. The minimum atomic E-state index is -0.0216. The number of anilines is 3. The van der Waals surface area contributed by atoms with Crippen molar-refractivity contribution in [2.24, 2.45) is 0 Å². The SMILES string of the molecule is CCc1cccc(C)c1N(c1ccc2c(c1)C(C)(C)c1ccccc1-2)c1c(C)cccc1CC. The molecule has 0 aromatic heterocycles. The maximum atomic E-state index is 2.54. The van der Waals surface area contributed by atoms with E-state index in [0.29, 0.717) is 0 Å². The van der Waals surface area contributed by atoms with Crippen molar-refractivity contribution < 1.29 is 0 Å². The summed E-state index contributed by atoms with van der Waals surface area (Å²) in [6.07, 6.45) is 2.01. The lowest BCUT2D eigenvalue weighted by Gasteiger charge is -2.33. The first kappa shape index (κ1) is 22.5. The Morgan fingerprint density at radius 3 is 1.76 bits per heavy atom. The van der Waals surface area contributed by atoms with E-state index >= 15 is 0 Å². The quantitative estimate of drug-likeness (QED) is 0.296. The van der Waals surface area contributed by atoms with Gasteiger partial charge in [-0.25, -0.2) is 0 Å². The Bertz CT molecular complexity index is 1320. The van der Waals surface area contributed by atoms with Gasteiger partial charge in [-0.15, -0.1) is 0 Å². The van der Waals surface area contributed by atoms with Gasteiger partial charge in [-0.3, -0.25) is 0 Å². The summed E-state index contributed by atoms with van der Waals surface area (Å²) < 4.78 is 0. The molecule has 0 aliphatic heterocycles. The summed E-state index contributed by atoms with van der Waals surface area (Å²) in [4.78, 5) is 2.54. The summed E-state index contributed by atoms with van der Waals surface area (Å²) in [5.41, 5.74) is 14.8. The van der Waals surface area contributed by atoms with Crippen LogP contribution in [-0.4, -0.2) is 0 Å². The molecule has 4 aromatic rings. The zero-order valence-corrected chi connectivity index (χ0v) is 21.4. The van der Waals surface area contributed by atoms with Crippen LogP contribution in [0.2, 0.25) is 0 Å². The van der Waals surface area contributed by atoms with E-state index in [0.717, 1.165) is 12.8 Å². The van der Waals surface area contributed by atoms with Gasteiger partial charge < -0.3 is 4.90 Å². The Balaban J connectivity index is 1.81. The molecule has 5 rings (SSSR count). The van der Waals surface area contributed by atoms with Gasteiger partial charge in [0.05, 0.1) is 11.4 Å². The molecule has 1 aliphatic rings. The number of nitrogens with zero attached hydrogens (tertiary/aromatic N) is 1. The summed E-state index contributed by atoms with van der Waals surface area (Å²) in [7, 11) is 0. The molecule has 0 fully saturated rings. The van der Waals surface area contributed by atoms with E-state index < -0.39 is 0 Å². The van der Waals surface area contributed by atoms with Crippen molar-refractivity contribution in [3.8, 4) is 11.1 Å². The third-order valence-corrected chi connectivity index (χ3v) is 7.68. The monoisotopic (exact) mass is 445 g/mol. The molecule has 0 heterocycles. The smallest absolute Gasteiger partial charge is 0.0522 e. The summed E-state index contributed by atoms with van der Waals surface area (Å²) in [5, 5.41) is 0.